The minimum Gasteiger partial charge on any atom is -0.480 e. The lowest BCUT2D eigenvalue weighted by atomic mass is 10.1. The van der Waals surface area contributed by atoms with E-state index in [4.69, 9.17) is 5.11 Å². The zero-order valence-electron chi connectivity index (χ0n) is 13.3. The molecule has 0 aromatic rings. The molecule has 1 heterocycles. The maximum atomic E-state index is 12.6. The van der Waals surface area contributed by atoms with Crippen molar-refractivity contribution in [3.05, 3.63) is 0 Å². The molecule has 0 saturated carbocycles. The van der Waals surface area contributed by atoms with Crippen LogP contribution in [0.15, 0.2) is 0 Å². The number of rotatable bonds is 8. The molecule has 21 heavy (non-hydrogen) atoms. The first-order valence-corrected chi connectivity index (χ1v) is 7.63. The first kappa shape index (κ1) is 17.6. The number of aliphatic carboxylic acids is 1. The molecular weight excluding hydrogens is 272 g/mol. The van der Waals surface area contributed by atoms with Gasteiger partial charge in [0.25, 0.3) is 0 Å². The second-order valence-corrected chi connectivity index (χ2v) is 6.01. The Morgan fingerprint density at radius 2 is 1.90 bits per heavy atom. The van der Waals surface area contributed by atoms with E-state index in [1.165, 1.54) is 4.90 Å². The smallest absolute Gasteiger partial charge is 0.317 e. The fraction of sp³-hybridized carbons (Fsp3) is 0.800. The van der Waals surface area contributed by atoms with Crippen LogP contribution in [-0.4, -0.2) is 57.9 Å². The predicted octanol–water partition coefficient (Wildman–Crippen LogP) is 1.35. The van der Waals surface area contributed by atoms with Gasteiger partial charge in [-0.25, -0.2) is 0 Å². The maximum Gasteiger partial charge on any atom is 0.317 e. The van der Waals surface area contributed by atoms with Crippen molar-refractivity contribution < 1.29 is 19.5 Å². The number of carbonyl (C=O) groups is 3. The van der Waals surface area contributed by atoms with Gasteiger partial charge in [0, 0.05) is 12.6 Å². The molecule has 1 N–H and O–H groups in total. The minimum atomic E-state index is -0.975. The normalized spacial score (nSPS) is 19.4. The summed E-state index contributed by atoms with van der Waals surface area (Å²) in [5.74, 6) is -1.17. The number of hydrogen-bond donors (Lipinski definition) is 1. The van der Waals surface area contributed by atoms with Crippen LogP contribution in [0.5, 0.6) is 0 Å². The molecular formula is C15H26N2O4. The highest BCUT2D eigenvalue weighted by Gasteiger charge is 2.44. The largest absolute Gasteiger partial charge is 0.480 e. The molecule has 0 aliphatic carbocycles. The third kappa shape index (κ3) is 4.27. The van der Waals surface area contributed by atoms with E-state index < -0.39 is 12.0 Å². The van der Waals surface area contributed by atoms with E-state index in [1.54, 1.807) is 4.90 Å². The Morgan fingerprint density at radius 1 is 1.33 bits per heavy atom. The third-order valence-corrected chi connectivity index (χ3v) is 3.85. The summed E-state index contributed by atoms with van der Waals surface area (Å²) in [7, 11) is 0. The summed E-state index contributed by atoms with van der Waals surface area (Å²) >= 11 is 0. The standard InChI is InChI=1S/C15H26N2O4/c1-5-11(6-2)17-13(18)7-12(15(17)21)16(8-10(3)4)9-14(19)20/h10-12H,5-9H2,1-4H3,(H,19,20). The van der Waals surface area contributed by atoms with Crippen molar-refractivity contribution in [2.75, 3.05) is 13.1 Å². The number of carbonyl (C=O) groups excluding carboxylic acids is 2. The molecule has 0 bridgehead atoms. The average molecular weight is 298 g/mol. The first-order chi connectivity index (χ1) is 9.81. The van der Waals surface area contributed by atoms with Crippen molar-refractivity contribution in [1.82, 2.24) is 9.80 Å². The highest BCUT2D eigenvalue weighted by molar-refractivity contribution is 6.06. The number of likely N-dealkylation sites (tertiary alicyclic amines) is 1. The van der Waals surface area contributed by atoms with Gasteiger partial charge in [-0.15, -0.1) is 0 Å². The van der Waals surface area contributed by atoms with Crippen molar-refractivity contribution in [3.8, 4) is 0 Å². The Labute approximate surface area is 126 Å². The molecule has 2 amide bonds. The molecule has 120 valence electrons. The van der Waals surface area contributed by atoms with Crippen molar-refractivity contribution in [1.29, 1.82) is 0 Å². The summed E-state index contributed by atoms with van der Waals surface area (Å²) in [6.45, 7) is 8.12. The van der Waals surface area contributed by atoms with Gasteiger partial charge in [0.2, 0.25) is 11.8 Å². The van der Waals surface area contributed by atoms with Crippen LogP contribution in [0.3, 0.4) is 0 Å². The molecule has 1 atom stereocenters. The summed E-state index contributed by atoms with van der Waals surface area (Å²) in [5.41, 5.74) is 0. The fourth-order valence-corrected chi connectivity index (χ4v) is 2.90. The number of hydrogen-bond acceptors (Lipinski definition) is 4. The van der Waals surface area contributed by atoms with Crippen molar-refractivity contribution in [2.24, 2.45) is 5.92 Å². The molecule has 6 heteroatoms. The first-order valence-electron chi connectivity index (χ1n) is 7.63. The van der Waals surface area contributed by atoms with E-state index in [0.717, 1.165) is 12.8 Å². The number of nitrogens with zero attached hydrogens (tertiary/aromatic N) is 2. The SMILES string of the molecule is CCC(CC)N1C(=O)CC(N(CC(=O)O)CC(C)C)C1=O. The fourth-order valence-electron chi connectivity index (χ4n) is 2.90. The van der Waals surface area contributed by atoms with Gasteiger partial charge in [0.05, 0.1) is 19.0 Å². The molecule has 1 fully saturated rings. The third-order valence-electron chi connectivity index (χ3n) is 3.85. The van der Waals surface area contributed by atoms with Crippen LogP contribution in [-0.2, 0) is 14.4 Å². The van der Waals surface area contributed by atoms with Gasteiger partial charge in [0.15, 0.2) is 0 Å². The summed E-state index contributed by atoms with van der Waals surface area (Å²) in [5, 5.41) is 9.03. The monoisotopic (exact) mass is 298 g/mol. The molecule has 1 aliphatic rings. The van der Waals surface area contributed by atoms with Crippen LogP contribution in [0, 0.1) is 5.92 Å². The molecule has 1 unspecified atom stereocenters. The molecule has 0 aromatic heterocycles. The zero-order chi connectivity index (χ0) is 16.2. The Kier molecular flexibility index (Phi) is 6.33. The highest BCUT2D eigenvalue weighted by Crippen LogP contribution is 2.24. The molecule has 1 saturated heterocycles. The highest BCUT2D eigenvalue weighted by atomic mass is 16.4. The second kappa shape index (κ2) is 7.54. The topological polar surface area (TPSA) is 77.9 Å². The lowest BCUT2D eigenvalue weighted by molar-refractivity contribution is -0.143. The summed E-state index contributed by atoms with van der Waals surface area (Å²) < 4.78 is 0. The lowest BCUT2D eigenvalue weighted by Gasteiger charge is -2.29. The van der Waals surface area contributed by atoms with Crippen LogP contribution >= 0.6 is 0 Å². The van der Waals surface area contributed by atoms with E-state index in [2.05, 4.69) is 0 Å². The van der Waals surface area contributed by atoms with Gasteiger partial charge in [-0.05, 0) is 18.8 Å². The number of imide groups is 1. The average Bonchev–Trinajstić information content (AvgIpc) is 2.66. The van der Waals surface area contributed by atoms with Gasteiger partial charge in [-0.2, -0.15) is 0 Å². The number of carboxylic acid groups (broad SMARTS) is 1. The maximum absolute atomic E-state index is 12.6. The summed E-state index contributed by atoms with van der Waals surface area (Å²) in [4.78, 5) is 38.7. The van der Waals surface area contributed by atoms with Gasteiger partial charge in [-0.1, -0.05) is 27.7 Å². The predicted molar refractivity (Wildman–Crippen MR) is 78.7 cm³/mol. The number of amides is 2. The van der Waals surface area contributed by atoms with Crippen LogP contribution in [0.25, 0.3) is 0 Å². The van der Waals surface area contributed by atoms with E-state index in [-0.39, 0.29) is 36.7 Å². The minimum absolute atomic E-state index is 0.0827. The lowest BCUT2D eigenvalue weighted by Crippen LogP contribution is -2.47. The summed E-state index contributed by atoms with van der Waals surface area (Å²) in [6, 6.07) is -0.711. The van der Waals surface area contributed by atoms with Gasteiger partial charge >= 0.3 is 5.97 Å². The Morgan fingerprint density at radius 3 is 2.33 bits per heavy atom. The van der Waals surface area contributed by atoms with Crippen molar-refractivity contribution >= 4 is 17.8 Å². The van der Waals surface area contributed by atoms with Gasteiger partial charge < -0.3 is 5.11 Å². The molecule has 0 aromatic carbocycles. The Hall–Kier alpha value is -1.43. The van der Waals surface area contributed by atoms with E-state index >= 15 is 0 Å². The van der Waals surface area contributed by atoms with E-state index in [0.29, 0.717) is 6.54 Å². The quantitative estimate of drug-likeness (QED) is 0.684. The van der Waals surface area contributed by atoms with Crippen LogP contribution in [0.2, 0.25) is 0 Å². The van der Waals surface area contributed by atoms with Crippen molar-refractivity contribution in [2.45, 2.75) is 59.0 Å². The van der Waals surface area contributed by atoms with Crippen LogP contribution in [0.1, 0.15) is 47.0 Å². The van der Waals surface area contributed by atoms with Gasteiger partial charge in [-0.3, -0.25) is 24.2 Å². The van der Waals surface area contributed by atoms with Gasteiger partial charge in [0.1, 0.15) is 0 Å². The van der Waals surface area contributed by atoms with E-state index in [9.17, 15) is 14.4 Å². The molecule has 0 spiro atoms. The van der Waals surface area contributed by atoms with Crippen LogP contribution in [0.4, 0.5) is 0 Å². The zero-order valence-corrected chi connectivity index (χ0v) is 13.3. The number of carboxylic acids is 1. The van der Waals surface area contributed by atoms with Crippen molar-refractivity contribution in [3.63, 3.8) is 0 Å². The molecule has 6 nitrogen and oxygen atoms in total. The molecule has 0 radical (unpaired) electrons. The molecule has 1 aliphatic heterocycles. The molecule has 1 rings (SSSR count). The van der Waals surface area contributed by atoms with E-state index in [1.807, 2.05) is 27.7 Å². The second-order valence-electron chi connectivity index (χ2n) is 6.01. The Balaban J connectivity index is 2.93. The van der Waals surface area contributed by atoms with Crippen LogP contribution < -0.4 is 0 Å². The Bertz CT molecular complexity index is 404. The summed E-state index contributed by atoms with van der Waals surface area (Å²) in [6.07, 6.45) is 1.54.